The number of anilines is 1. The Morgan fingerprint density at radius 1 is 1.21 bits per heavy atom. The Morgan fingerprint density at radius 3 is 2.53 bits per heavy atom. The lowest BCUT2D eigenvalue weighted by Crippen LogP contribution is -2.31. The van der Waals surface area contributed by atoms with Crippen LogP contribution in [0.25, 0.3) is 5.82 Å². The van der Waals surface area contributed by atoms with Crippen LogP contribution in [0.3, 0.4) is 0 Å². The maximum absolute atomic E-state index is 13.3. The molecule has 0 fully saturated rings. The first-order chi connectivity index (χ1) is 15.8. The Labute approximate surface area is 199 Å². The van der Waals surface area contributed by atoms with Gasteiger partial charge in [-0.25, -0.2) is 22.8 Å². The SMILES string of the molecule is Cc1cccc(S(=O)(=O)NC(C)C)c1NC(=O)Cc1cc(C(F)(F)F)nn1-c1ncccc1Cl. The van der Waals surface area contributed by atoms with Gasteiger partial charge >= 0.3 is 6.18 Å². The zero-order valence-corrected chi connectivity index (χ0v) is 19.9. The van der Waals surface area contributed by atoms with Gasteiger partial charge in [-0.1, -0.05) is 23.7 Å². The van der Waals surface area contributed by atoms with Crippen molar-refractivity contribution >= 4 is 33.2 Å². The molecule has 0 spiro atoms. The molecular weight excluding hydrogens is 495 g/mol. The Bertz CT molecular complexity index is 1320. The Kier molecular flexibility index (Phi) is 7.34. The highest BCUT2D eigenvalue weighted by molar-refractivity contribution is 7.89. The summed E-state index contributed by atoms with van der Waals surface area (Å²) in [6, 6.07) is 7.70. The van der Waals surface area contributed by atoms with Crippen LogP contribution in [0, 0.1) is 6.92 Å². The number of rotatable bonds is 7. The number of nitrogens with one attached hydrogen (secondary N) is 2. The predicted molar refractivity (Wildman–Crippen MR) is 120 cm³/mol. The van der Waals surface area contributed by atoms with E-state index in [1.54, 1.807) is 26.8 Å². The number of carbonyl (C=O) groups is 1. The van der Waals surface area contributed by atoms with Crippen molar-refractivity contribution in [2.75, 3.05) is 5.32 Å². The van der Waals surface area contributed by atoms with Crippen molar-refractivity contribution < 1.29 is 26.4 Å². The molecule has 2 aromatic heterocycles. The van der Waals surface area contributed by atoms with Crippen LogP contribution in [0.15, 0.2) is 47.5 Å². The summed E-state index contributed by atoms with van der Waals surface area (Å²) in [4.78, 5) is 16.7. The molecule has 0 aliphatic rings. The lowest BCUT2D eigenvalue weighted by atomic mass is 10.2. The molecule has 0 radical (unpaired) electrons. The fraction of sp³-hybridized carbons (Fsp3) is 0.286. The molecular formula is C21H21ClF3N5O3S. The standard InChI is InChI=1S/C21H21ClF3N5O3S/c1-12(2)29-34(32,33)16-8-4-6-13(3)19(16)27-18(31)11-14-10-17(21(23,24)25)28-30(14)20-15(22)7-5-9-26-20/h4-10,12,29H,11H2,1-3H3,(H,27,31). The summed E-state index contributed by atoms with van der Waals surface area (Å²) in [6.45, 7) is 4.89. The van der Waals surface area contributed by atoms with Gasteiger partial charge in [-0.2, -0.15) is 18.3 Å². The summed E-state index contributed by atoms with van der Waals surface area (Å²) in [6.07, 6.45) is -3.99. The van der Waals surface area contributed by atoms with Gasteiger partial charge in [-0.15, -0.1) is 0 Å². The normalized spacial score (nSPS) is 12.2. The molecule has 0 aliphatic carbocycles. The molecule has 13 heteroatoms. The van der Waals surface area contributed by atoms with Crippen molar-refractivity contribution in [3.8, 4) is 5.82 Å². The van der Waals surface area contributed by atoms with E-state index in [9.17, 15) is 26.4 Å². The van der Waals surface area contributed by atoms with Crippen LogP contribution in [0.4, 0.5) is 18.9 Å². The molecule has 3 rings (SSSR count). The Hall–Kier alpha value is -2.96. The minimum Gasteiger partial charge on any atom is -0.324 e. The number of benzene rings is 1. The number of aryl methyl sites for hydroxylation is 1. The first-order valence-electron chi connectivity index (χ1n) is 9.98. The average Bonchev–Trinajstić information content (AvgIpc) is 3.12. The number of para-hydroxylation sites is 1. The highest BCUT2D eigenvalue weighted by atomic mass is 35.5. The monoisotopic (exact) mass is 515 g/mol. The van der Waals surface area contributed by atoms with Crippen LogP contribution in [-0.4, -0.2) is 35.1 Å². The fourth-order valence-corrected chi connectivity index (χ4v) is 4.84. The minimum atomic E-state index is -4.77. The maximum Gasteiger partial charge on any atom is 0.435 e. The van der Waals surface area contributed by atoms with Crippen LogP contribution in [0.5, 0.6) is 0 Å². The van der Waals surface area contributed by atoms with Crippen LogP contribution in [-0.2, 0) is 27.4 Å². The van der Waals surface area contributed by atoms with Crippen LogP contribution >= 0.6 is 11.6 Å². The molecule has 8 nitrogen and oxygen atoms in total. The highest BCUT2D eigenvalue weighted by Gasteiger charge is 2.36. The van der Waals surface area contributed by atoms with Crippen molar-refractivity contribution in [2.24, 2.45) is 0 Å². The van der Waals surface area contributed by atoms with Crippen LogP contribution in [0.2, 0.25) is 5.02 Å². The van der Waals surface area contributed by atoms with E-state index in [0.717, 1.165) is 10.7 Å². The fourth-order valence-electron chi connectivity index (χ4n) is 3.15. The van der Waals surface area contributed by atoms with E-state index in [4.69, 9.17) is 11.6 Å². The number of halogens is 4. The zero-order valence-electron chi connectivity index (χ0n) is 18.3. The van der Waals surface area contributed by atoms with Crippen LogP contribution in [0.1, 0.15) is 30.8 Å². The molecule has 1 aromatic carbocycles. The number of amides is 1. The molecule has 2 heterocycles. The number of nitrogens with zero attached hydrogens (tertiary/aromatic N) is 3. The molecule has 0 aliphatic heterocycles. The first-order valence-corrected chi connectivity index (χ1v) is 11.8. The summed E-state index contributed by atoms with van der Waals surface area (Å²) in [5, 5.41) is 6.09. The predicted octanol–water partition coefficient (Wildman–Crippen LogP) is 4.12. The van der Waals surface area contributed by atoms with Crippen molar-refractivity contribution in [1.29, 1.82) is 0 Å². The summed E-state index contributed by atoms with van der Waals surface area (Å²) < 4.78 is 68.7. The molecule has 0 saturated heterocycles. The number of carbonyl (C=O) groups excluding carboxylic acids is 1. The Balaban J connectivity index is 1.98. The number of hydrogen-bond donors (Lipinski definition) is 2. The second kappa shape index (κ2) is 9.72. The molecule has 182 valence electrons. The lowest BCUT2D eigenvalue weighted by Gasteiger charge is -2.16. The van der Waals surface area contributed by atoms with Crippen molar-refractivity contribution in [2.45, 2.75) is 44.3 Å². The number of pyridine rings is 1. The van der Waals surface area contributed by atoms with E-state index in [-0.39, 0.29) is 27.1 Å². The molecule has 2 N–H and O–H groups in total. The third-order valence-electron chi connectivity index (χ3n) is 4.53. The van der Waals surface area contributed by atoms with Gasteiger partial charge in [0, 0.05) is 12.2 Å². The zero-order chi connectivity index (χ0) is 25.3. The highest BCUT2D eigenvalue weighted by Crippen LogP contribution is 2.31. The number of hydrogen-bond acceptors (Lipinski definition) is 5. The number of alkyl halides is 3. The molecule has 0 unspecified atom stereocenters. The molecule has 34 heavy (non-hydrogen) atoms. The maximum atomic E-state index is 13.3. The van der Waals surface area contributed by atoms with Gasteiger partial charge in [0.2, 0.25) is 15.9 Å². The van der Waals surface area contributed by atoms with Gasteiger partial charge in [0.05, 0.1) is 22.8 Å². The van der Waals surface area contributed by atoms with E-state index < -0.39 is 40.3 Å². The van der Waals surface area contributed by atoms with Gasteiger partial charge in [-0.05, 0) is 50.6 Å². The van der Waals surface area contributed by atoms with Gasteiger partial charge in [-0.3, -0.25) is 4.79 Å². The van der Waals surface area contributed by atoms with E-state index >= 15 is 0 Å². The third kappa shape index (κ3) is 5.75. The summed E-state index contributed by atoms with van der Waals surface area (Å²) in [5.74, 6) is -0.833. The van der Waals surface area contributed by atoms with Gasteiger partial charge in [0.15, 0.2) is 11.5 Å². The van der Waals surface area contributed by atoms with E-state index in [1.165, 1.54) is 30.5 Å². The van der Waals surface area contributed by atoms with Gasteiger partial charge in [0.25, 0.3) is 0 Å². The van der Waals surface area contributed by atoms with E-state index in [1.807, 2.05) is 0 Å². The van der Waals surface area contributed by atoms with E-state index in [0.29, 0.717) is 5.56 Å². The largest absolute Gasteiger partial charge is 0.435 e. The van der Waals surface area contributed by atoms with Crippen molar-refractivity contribution in [1.82, 2.24) is 19.5 Å². The quantitative estimate of drug-likeness (QED) is 0.492. The molecule has 3 aromatic rings. The third-order valence-corrected chi connectivity index (χ3v) is 6.53. The van der Waals surface area contributed by atoms with E-state index in [2.05, 4.69) is 20.1 Å². The topological polar surface area (TPSA) is 106 Å². The Morgan fingerprint density at radius 2 is 1.91 bits per heavy atom. The number of sulfonamides is 1. The molecule has 0 saturated carbocycles. The number of aromatic nitrogens is 3. The van der Waals surface area contributed by atoms with Crippen molar-refractivity contribution in [3.05, 3.63) is 64.6 Å². The second-order valence-electron chi connectivity index (χ2n) is 7.69. The van der Waals surface area contributed by atoms with Gasteiger partial charge in [0.1, 0.15) is 4.90 Å². The van der Waals surface area contributed by atoms with Crippen molar-refractivity contribution in [3.63, 3.8) is 0 Å². The molecule has 0 atom stereocenters. The summed E-state index contributed by atoms with van der Waals surface area (Å²) in [7, 11) is -3.96. The summed E-state index contributed by atoms with van der Waals surface area (Å²) >= 11 is 6.08. The first kappa shape index (κ1) is 25.7. The minimum absolute atomic E-state index is 0.0265. The average molecular weight is 516 g/mol. The van der Waals surface area contributed by atoms with Crippen LogP contribution < -0.4 is 10.0 Å². The summed E-state index contributed by atoms with van der Waals surface area (Å²) in [5.41, 5.74) is -0.878. The second-order valence-corrected chi connectivity index (χ2v) is 9.78. The molecule has 0 bridgehead atoms. The smallest absolute Gasteiger partial charge is 0.324 e. The molecule has 1 amide bonds. The lowest BCUT2D eigenvalue weighted by molar-refractivity contribution is -0.141. The van der Waals surface area contributed by atoms with Gasteiger partial charge < -0.3 is 5.32 Å².